The van der Waals surface area contributed by atoms with E-state index in [-0.39, 0.29) is 15.0 Å². The Balaban J connectivity index is 2.32. The molecule has 17 heavy (non-hydrogen) atoms. The van der Waals surface area contributed by atoms with Gasteiger partial charge < -0.3 is 10.7 Å². The highest BCUT2D eigenvalue weighted by Gasteiger charge is 2.34. The van der Waals surface area contributed by atoms with E-state index in [1.807, 2.05) is 0 Å². The van der Waals surface area contributed by atoms with Gasteiger partial charge in [-0.2, -0.15) is 4.31 Å². The maximum Gasteiger partial charge on any atom is 0.305 e. The number of rotatable bonds is 3. The number of nitrogens with zero attached hydrogens (tertiary/aromatic N) is 1. The highest BCUT2D eigenvalue weighted by Crippen LogP contribution is 2.26. The monoisotopic (exact) mass is 277 g/mol. The van der Waals surface area contributed by atoms with Crippen LogP contribution in [-0.2, 0) is 10.0 Å². The molecule has 0 bridgehead atoms. The summed E-state index contributed by atoms with van der Waals surface area (Å²) in [4.78, 5) is 13.3. The zero-order valence-electron chi connectivity index (χ0n) is 9.47. The van der Waals surface area contributed by atoms with Crippen molar-refractivity contribution < 1.29 is 8.42 Å². The molecule has 0 radical (unpaired) electrons. The first kappa shape index (κ1) is 12.7. The second-order valence-electron chi connectivity index (χ2n) is 4.18. The molecule has 1 aliphatic rings. The van der Waals surface area contributed by atoms with Gasteiger partial charge in [0.1, 0.15) is 0 Å². The lowest BCUT2D eigenvalue weighted by Crippen LogP contribution is -2.29. The second-order valence-corrected chi connectivity index (χ2v) is 7.30. The lowest BCUT2D eigenvalue weighted by Gasteiger charge is -2.15. The zero-order chi connectivity index (χ0) is 12.6. The third-order valence-corrected chi connectivity index (χ3v) is 6.38. The lowest BCUT2D eigenvalue weighted by molar-refractivity contribution is 0.460. The summed E-state index contributed by atoms with van der Waals surface area (Å²) in [5, 5.41) is 0. The van der Waals surface area contributed by atoms with E-state index in [1.54, 1.807) is 6.92 Å². The highest BCUT2D eigenvalue weighted by atomic mass is 32.2. The minimum absolute atomic E-state index is 0.125. The molecule has 0 amide bonds. The van der Waals surface area contributed by atoms with Crippen molar-refractivity contribution in [1.29, 1.82) is 0 Å². The van der Waals surface area contributed by atoms with Gasteiger partial charge in [0.2, 0.25) is 0 Å². The van der Waals surface area contributed by atoms with E-state index in [2.05, 4.69) is 4.98 Å². The molecule has 1 aromatic rings. The fourth-order valence-electron chi connectivity index (χ4n) is 1.96. The van der Waals surface area contributed by atoms with Crippen molar-refractivity contribution in [3.8, 4) is 0 Å². The third kappa shape index (κ3) is 2.30. The van der Waals surface area contributed by atoms with Gasteiger partial charge in [0.15, 0.2) is 4.21 Å². The summed E-state index contributed by atoms with van der Waals surface area (Å²) in [6, 6.07) is 0. The molecule has 1 unspecified atom stereocenters. The predicted molar refractivity (Wildman–Crippen MR) is 65.6 cm³/mol. The Bertz CT molecular complexity index is 560. The van der Waals surface area contributed by atoms with Crippen LogP contribution in [0.3, 0.4) is 0 Å². The van der Waals surface area contributed by atoms with Crippen LogP contribution in [0.25, 0.3) is 0 Å². The topological polar surface area (TPSA) is 96.3 Å². The summed E-state index contributed by atoms with van der Waals surface area (Å²) < 4.78 is 26.1. The zero-order valence-corrected chi connectivity index (χ0v) is 11.1. The van der Waals surface area contributed by atoms with Crippen LogP contribution in [0, 0.1) is 12.8 Å². The molecule has 3 N–H and O–H groups in total. The molecule has 2 rings (SSSR count). The van der Waals surface area contributed by atoms with Crippen LogP contribution in [0.2, 0.25) is 0 Å². The average molecular weight is 277 g/mol. The number of nitrogens with two attached hydrogens (primary N) is 1. The fourth-order valence-corrected chi connectivity index (χ4v) is 4.93. The molecule has 0 aliphatic carbocycles. The molecule has 6 nitrogen and oxygen atoms in total. The Labute approximate surface area is 103 Å². The first-order valence-corrected chi connectivity index (χ1v) is 7.60. The number of aryl methyl sites for hydroxylation is 1. The molecule has 0 saturated carbocycles. The van der Waals surface area contributed by atoms with Gasteiger partial charge in [-0.05, 0) is 25.8 Å². The third-order valence-electron chi connectivity index (χ3n) is 2.94. The van der Waals surface area contributed by atoms with Crippen LogP contribution in [0.1, 0.15) is 12.1 Å². The summed E-state index contributed by atoms with van der Waals surface area (Å²) in [6.45, 7) is 3.02. The van der Waals surface area contributed by atoms with E-state index < -0.39 is 10.0 Å². The second kappa shape index (κ2) is 4.52. The largest absolute Gasteiger partial charge is 0.330 e. The van der Waals surface area contributed by atoms with E-state index in [9.17, 15) is 13.2 Å². The van der Waals surface area contributed by atoms with Crippen LogP contribution in [0.15, 0.2) is 9.00 Å². The molecule has 96 valence electrons. The summed E-state index contributed by atoms with van der Waals surface area (Å²) in [7, 11) is -3.53. The summed E-state index contributed by atoms with van der Waals surface area (Å²) in [5.41, 5.74) is 5.95. The van der Waals surface area contributed by atoms with Crippen LogP contribution >= 0.6 is 11.3 Å². The van der Waals surface area contributed by atoms with Crippen LogP contribution in [0.4, 0.5) is 0 Å². The van der Waals surface area contributed by atoms with Gasteiger partial charge in [-0.3, -0.25) is 4.79 Å². The Morgan fingerprint density at radius 2 is 2.29 bits per heavy atom. The van der Waals surface area contributed by atoms with E-state index >= 15 is 0 Å². The molecule has 1 aliphatic heterocycles. The minimum Gasteiger partial charge on any atom is -0.330 e. The van der Waals surface area contributed by atoms with Crippen molar-refractivity contribution in [3.63, 3.8) is 0 Å². The van der Waals surface area contributed by atoms with Crippen LogP contribution < -0.4 is 10.6 Å². The number of aromatic nitrogens is 1. The number of sulfonamides is 1. The van der Waals surface area contributed by atoms with Gasteiger partial charge in [-0.15, -0.1) is 0 Å². The van der Waals surface area contributed by atoms with Crippen molar-refractivity contribution >= 4 is 21.4 Å². The molecule has 2 heterocycles. The molecule has 1 aromatic heterocycles. The Morgan fingerprint density at radius 3 is 2.76 bits per heavy atom. The number of aromatic amines is 1. The Kier molecular flexibility index (Phi) is 3.39. The molecule has 1 atom stereocenters. The maximum absolute atomic E-state index is 12.3. The number of hydrogen-bond acceptors (Lipinski definition) is 5. The SMILES string of the molecule is Cc1[nH]c(=O)sc1S(=O)(=O)N1CCC(CN)C1. The van der Waals surface area contributed by atoms with Gasteiger partial charge in [0.25, 0.3) is 10.0 Å². The number of nitrogens with one attached hydrogen (secondary N) is 1. The fraction of sp³-hybridized carbons (Fsp3) is 0.667. The quantitative estimate of drug-likeness (QED) is 0.793. The van der Waals surface area contributed by atoms with E-state index in [0.29, 0.717) is 25.3 Å². The smallest absolute Gasteiger partial charge is 0.305 e. The lowest BCUT2D eigenvalue weighted by atomic mass is 10.1. The van der Waals surface area contributed by atoms with Crippen molar-refractivity contribution in [3.05, 3.63) is 15.4 Å². The normalized spacial score (nSPS) is 22.1. The van der Waals surface area contributed by atoms with Gasteiger partial charge in [-0.1, -0.05) is 11.3 Å². The van der Waals surface area contributed by atoms with Crippen molar-refractivity contribution in [2.45, 2.75) is 17.6 Å². The molecule has 8 heteroatoms. The maximum atomic E-state index is 12.3. The Morgan fingerprint density at radius 1 is 1.59 bits per heavy atom. The van der Waals surface area contributed by atoms with Crippen molar-refractivity contribution in [1.82, 2.24) is 9.29 Å². The van der Waals surface area contributed by atoms with Crippen LogP contribution in [-0.4, -0.2) is 37.3 Å². The standard InChI is InChI=1S/C9H15N3O3S2/c1-6-8(16-9(13)11-6)17(14,15)12-3-2-7(4-10)5-12/h7H,2-5,10H2,1H3,(H,11,13). The summed E-state index contributed by atoms with van der Waals surface area (Å²) in [5.74, 6) is 0.223. The van der Waals surface area contributed by atoms with Gasteiger partial charge in [-0.25, -0.2) is 8.42 Å². The van der Waals surface area contributed by atoms with Crippen LogP contribution in [0.5, 0.6) is 0 Å². The number of hydrogen-bond donors (Lipinski definition) is 2. The minimum atomic E-state index is -3.53. The first-order chi connectivity index (χ1) is 7.95. The summed E-state index contributed by atoms with van der Waals surface area (Å²) in [6.07, 6.45) is 0.786. The number of H-pyrrole nitrogens is 1. The predicted octanol–water partition coefficient (Wildman–Crippen LogP) is -0.286. The van der Waals surface area contributed by atoms with E-state index in [0.717, 1.165) is 17.8 Å². The van der Waals surface area contributed by atoms with E-state index in [4.69, 9.17) is 5.73 Å². The number of thiazole rings is 1. The van der Waals surface area contributed by atoms with Gasteiger partial charge >= 0.3 is 4.87 Å². The van der Waals surface area contributed by atoms with Gasteiger partial charge in [0.05, 0.1) is 0 Å². The molecule has 0 aromatic carbocycles. The molecular weight excluding hydrogens is 262 g/mol. The average Bonchev–Trinajstić information content (AvgIpc) is 2.85. The Hall–Kier alpha value is -0.700. The van der Waals surface area contributed by atoms with Gasteiger partial charge in [0, 0.05) is 18.8 Å². The van der Waals surface area contributed by atoms with Crippen molar-refractivity contribution in [2.75, 3.05) is 19.6 Å². The molecular formula is C9H15N3O3S2. The first-order valence-electron chi connectivity index (χ1n) is 5.35. The molecule has 0 spiro atoms. The highest BCUT2D eigenvalue weighted by molar-refractivity contribution is 7.91. The summed E-state index contributed by atoms with van der Waals surface area (Å²) >= 11 is 0.745. The molecule has 1 fully saturated rings. The van der Waals surface area contributed by atoms with Crippen molar-refractivity contribution in [2.24, 2.45) is 11.7 Å². The molecule has 1 saturated heterocycles. The van der Waals surface area contributed by atoms with E-state index in [1.165, 1.54) is 4.31 Å².